The highest BCUT2D eigenvalue weighted by Crippen LogP contribution is 2.37. The minimum atomic E-state index is -3.35. The average Bonchev–Trinajstić information content (AvgIpc) is 3.14. The van der Waals surface area contributed by atoms with Gasteiger partial charge in [0.1, 0.15) is 0 Å². The predicted octanol–water partition coefficient (Wildman–Crippen LogP) is 1.94. The molecule has 1 atom stereocenters. The van der Waals surface area contributed by atoms with E-state index < -0.39 is 10.0 Å². The van der Waals surface area contributed by atoms with Crippen LogP contribution in [0.4, 0.5) is 0 Å². The van der Waals surface area contributed by atoms with E-state index in [-0.39, 0.29) is 37.3 Å². The highest BCUT2D eigenvalue weighted by molar-refractivity contribution is 7.89. The van der Waals surface area contributed by atoms with Gasteiger partial charge in [-0.3, -0.25) is 4.79 Å². The molecule has 0 fully saturated rings. The van der Waals surface area contributed by atoms with Gasteiger partial charge in [0.2, 0.25) is 22.7 Å². The number of carbonyl (C=O) groups is 1. The summed E-state index contributed by atoms with van der Waals surface area (Å²) in [6.07, 6.45) is 0.200. The van der Waals surface area contributed by atoms with Crippen LogP contribution in [-0.2, 0) is 14.8 Å². The van der Waals surface area contributed by atoms with Crippen LogP contribution in [0.1, 0.15) is 23.5 Å². The van der Waals surface area contributed by atoms with Crippen LogP contribution in [0.5, 0.6) is 11.5 Å². The molecule has 0 aromatic heterocycles. The molecule has 0 bridgehead atoms. The third-order valence-electron chi connectivity index (χ3n) is 4.63. The molecule has 1 heterocycles. The number of sulfonamides is 1. The Hall–Kier alpha value is -2.58. The lowest BCUT2D eigenvalue weighted by atomic mass is 9.88. The Labute approximate surface area is 165 Å². The van der Waals surface area contributed by atoms with Gasteiger partial charge >= 0.3 is 0 Å². The second-order valence-corrected chi connectivity index (χ2v) is 9.03. The van der Waals surface area contributed by atoms with E-state index in [9.17, 15) is 13.2 Å². The number of carbonyl (C=O) groups excluding carboxylic acids is 1. The number of nitrogens with one attached hydrogen (secondary N) is 1. The van der Waals surface area contributed by atoms with Crippen molar-refractivity contribution in [3.8, 4) is 11.5 Å². The van der Waals surface area contributed by atoms with Crippen molar-refractivity contribution >= 4 is 15.9 Å². The van der Waals surface area contributed by atoms with Gasteiger partial charge in [-0.25, -0.2) is 12.7 Å². The summed E-state index contributed by atoms with van der Waals surface area (Å²) < 4.78 is 35.6. The number of ether oxygens (including phenoxy) is 2. The smallest absolute Gasteiger partial charge is 0.231 e. The molecule has 150 valence electrons. The first kappa shape index (κ1) is 20.2. The quantitative estimate of drug-likeness (QED) is 0.727. The zero-order chi connectivity index (χ0) is 20.1. The maximum absolute atomic E-state index is 12.5. The summed E-state index contributed by atoms with van der Waals surface area (Å²) in [5.74, 6) is 0.831. The van der Waals surface area contributed by atoms with Crippen LogP contribution in [0.2, 0.25) is 0 Å². The molecule has 1 aliphatic rings. The number of fused-ring (bicyclic) bond motifs is 1. The third-order valence-corrected chi connectivity index (χ3v) is 6.46. The van der Waals surface area contributed by atoms with Gasteiger partial charge in [0.15, 0.2) is 11.5 Å². The van der Waals surface area contributed by atoms with Gasteiger partial charge in [-0.05, 0) is 23.3 Å². The summed E-state index contributed by atoms with van der Waals surface area (Å²) in [5, 5.41) is 2.72. The fourth-order valence-electron chi connectivity index (χ4n) is 3.00. The summed E-state index contributed by atoms with van der Waals surface area (Å²) >= 11 is 0. The maximum atomic E-state index is 12.5. The molecule has 2 aromatic carbocycles. The summed E-state index contributed by atoms with van der Waals surface area (Å²) in [7, 11) is -0.396. The molecule has 0 saturated carbocycles. The van der Waals surface area contributed by atoms with E-state index in [4.69, 9.17) is 9.47 Å². The fourth-order valence-corrected chi connectivity index (χ4v) is 3.73. The molecular formula is C20H24N2O5S. The zero-order valence-corrected chi connectivity index (χ0v) is 16.7. The van der Waals surface area contributed by atoms with E-state index in [1.165, 1.54) is 14.1 Å². The largest absolute Gasteiger partial charge is 0.454 e. The highest BCUT2D eigenvalue weighted by Gasteiger charge is 2.22. The van der Waals surface area contributed by atoms with Crippen LogP contribution in [0.3, 0.4) is 0 Å². The molecule has 0 aliphatic carbocycles. The number of amides is 1. The Morgan fingerprint density at radius 1 is 1.07 bits per heavy atom. The van der Waals surface area contributed by atoms with E-state index in [1.54, 1.807) is 0 Å². The van der Waals surface area contributed by atoms with E-state index in [1.807, 2.05) is 48.5 Å². The predicted molar refractivity (Wildman–Crippen MR) is 106 cm³/mol. The van der Waals surface area contributed by atoms with Gasteiger partial charge in [0.05, 0.1) is 5.75 Å². The second kappa shape index (κ2) is 8.62. The Kier molecular flexibility index (Phi) is 6.21. The lowest BCUT2D eigenvalue weighted by molar-refractivity contribution is -0.121. The van der Waals surface area contributed by atoms with Crippen molar-refractivity contribution in [3.05, 3.63) is 59.7 Å². The minimum Gasteiger partial charge on any atom is -0.454 e. The van der Waals surface area contributed by atoms with E-state index in [0.29, 0.717) is 11.5 Å². The van der Waals surface area contributed by atoms with Crippen LogP contribution in [0.15, 0.2) is 48.5 Å². The normalized spacial score (nSPS) is 14.1. The van der Waals surface area contributed by atoms with Gasteiger partial charge in [-0.1, -0.05) is 36.4 Å². The maximum Gasteiger partial charge on any atom is 0.231 e. The first-order valence-electron chi connectivity index (χ1n) is 8.98. The van der Waals surface area contributed by atoms with Crippen LogP contribution in [-0.4, -0.2) is 51.8 Å². The number of hydrogen-bond donors (Lipinski definition) is 1. The molecule has 0 spiro atoms. The molecular weight excluding hydrogens is 380 g/mol. The number of nitrogens with zero attached hydrogens (tertiary/aromatic N) is 1. The zero-order valence-electron chi connectivity index (χ0n) is 15.9. The topological polar surface area (TPSA) is 84.9 Å². The SMILES string of the molecule is CN(C)S(=O)(=O)CCNC(=O)C[C@@H](c1ccccc1)c1ccc2c(c1)OCO2. The van der Waals surface area contributed by atoms with E-state index >= 15 is 0 Å². The molecule has 3 rings (SSSR count). The lowest BCUT2D eigenvalue weighted by Crippen LogP contribution is -2.34. The average molecular weight is 404 g/mol. The summed E-state index contributed by atoms with van der Waals surface area (Å²) in [6, 6.07) is 15.4. The number of hydrogen-bond acceptors (Lipinski definition) is 5. The van der Waals surface area contributed by atoms with Gasteiger partial charge in [-0.15, -0.1) is 0 Å². The molecule has 0 saturated heterocycles. The molecule has 0 radical (unpaired) electrons. The van der Waals surface area contributed by atoms with Crippen LogP contribution >= 0.6 is 0 Å². The molecule has 8 heteroatoms. The molecule has 1 amide bonds. The first-order chi connectivity index (χ1) is 13.4. The Balaban J connectivity index is 1.72. The first-order valence-corrected chi connectivity index (χ1v) is 10.6. The van der Waals surface area contributed by atoms with Crippen molar-refractivity contribution in [1.29, 1.82) is 0 Å². The number of rotatable bonds is 8. The summed E-state index contributed by atoms with van der Waals surface area (Å²) in [5.41, 5.74) is 1.93. The summed E-state index contributed by atoms with van der Waals surface area (Å²) in [4.78, 5) is 12.5. The molecule has 0 unspecified atom stereocenters. The summed E-state index contributed by atoms with van der Waals surface area (Å²) in [6.45, 7) is 0.262. The van der Waals surface area contributed by atoms with Crippen molar-refractivity contribution in [3.63, 3.8) is 0 Å². The lowest BCUT2D eigenvalue weighted by Gasteiger charge is -2.18. The standard InChI is InChI=1S/C20H24N2O5S/c1-22(2)28(24,25)11-10-21-20(23)13-17(15-6-4-3-5-7-15)16-8-9-18-19(12-16)27-14-26-18/h3-9,12,17H,10-11,13-14H2,1-2H3,(H,21,23)/t17-/m0/s1. The van der Waals surface area contributed by atoms with Crippen molar-refractivity contribution in [2.45, 2.75) is 12.3 Å². The van der Waals surface area contributed by atoms with Crippen molar-refractivity contribution in [2.75, 3.05) is 33.2 Å². The Bertz CT molecular complexity index is 929. The van der Waals surface area contributed by atoms with Crippen molar-refractivity contribution in [2.24, 2.45) is 0 Å². The molecule has 2 aromatic rings. The van der Waals surface area contributed by atoms with Crippen molar-refractivity contribution < 1.29 is 22.7 Å². The molecule has 7 nitrogen and oxygen atoms in total. The highest BCUT2D eigenvalue weighted by atomic mass is 32.2. The van der Waals surface area contributed by atoms with E-state index in [0.717, 1.165) is 15.4 Å². The molecule has 1 aliphatic heterocycles. The third kappa shape index (κ3) is 4.82. The van der Waals surface area contributed by atoms with Crippen LogP contribution in [0, 0.1) is 0 Å². The van der Waals surface area contributed by atoms with Crippen molar-refractivity contribution in [1.82, 2.24) is 9.62 Å². The molecule has 28 heavy (non-hydrogen) atoms. The second-order valence-electron chi connectivity index (χ2n) is 6.73. The van der Waals surface area contributed by atoms with Gasteiger partial charge in [0.25, 0.3) is 0 Å². The van der Waals surface area contributed by atoms with Gasteiger partial charge in [0, 0.05) is 33.0 Å². The Morgan fingerprint density at radius 3 is 2.50 bits per heavy atom. The molecule has 1 N–H and O–H groups in total. The van der Waals surface area contributed by atoms with Gasteiger partial charge in [-0.2, -0.15) is 0 Å². The van der Waals surface area contributed by atoms with Gasteiger partial charge < -0.3 is 14.8 Å². The monoisotopic (exact) mass is 404 g/mol. The van der Waals surface area contributed by atoms with E-state index in [2.05, 4.69) is 5.32 Å². The fraction of sp³-hybridized carbons (Fsp3) is 0.350. The van der Waals surface area contributed by atoms with Crippen LogP contribution < -0.4 is 14.8 Å². The van der Waals surface area contributed by atoms with Crippen LogP contribution in [0.25, 0.3) is 0 Å². The number of benzene rings is 2. The Morgan fingerprint density at radius 2 is 1.79 bits per heavy atom. The minimum absolute atomic E-state index is 0.0714.